The van der Waals surface area contributed by atoms with Crippen LogP contribution in [-0.2, 0) is 0 Å². The second-order valence-electron chi connectivity index (χ2n) is 7.81. The fraction of sp³-hybridized carbons (Fsp3) is 0.381. The molecule has 1 heterocycles. The Labute approximate surface area is 150 Å². The second-order valence-corrected chi connectivity index (χ2v) is 7.81. The van der Waals surface area contributed by atoms with Gasteiger partial charge in [-0.3, -0.25) is 0 Å². The largest absolute Gasteiger partial charge is 0.478 e. The third kappa shape index (κ3) is 2.12. The SMILES string of the molecule is O=C(O)c1cccc2c1N[C@H](c1ccc(F)c(F)c1)[C@@H]1[C@@H]3CC[C@H](C3)[C@H]21. The molecule has 0 saturated heterocycles. The predicted molar refractivity (Wildman–Crippen MR) is 93.2 cm³/mol. The van der Waals surface area contributed by atoms with E-state index in [-0.39, 0.29) is 23.4 Å². The highest BCUT2D eigenvalue weighted by atomic mass is 19.2. The van der Waals surface area contributed by atoms with E-state index < -0.39 is 17.6 Å². The first-order chi connectivity index (χ1) is 12.5. The summed E-state index contributed by atoms with van der Waals surface area (Å²) >= 11 is 0. The van der Waals surface area contributed by atoms with E-state index in [1.165, 1.54) is 6.07 Å². The van der Waals surface area contributed by atoms with Crippen molar-refractivity contribution in [3.05, 3.63) is 64.7 Å². The fourth-order valence-corrected chi connectivity index (χ4v) is 5.73. The Bertz CT molecular complexity index is 913. The minimum absolute atomic E-state index is 0.196. The van der Waals surface area contributed by atoms with E-state index in [0.717, 1.165) is 30.9 Å². The number of para-hydroxylation sites is 1. The molecule has 5 rings (SSSR count). The van der Waals surface area contributed by atoms with Gasteiger partial charge in [0.2, 0.25) is 0 Å². The first kappa shape index (κ1) is 15.8. The topological polar surface area (TPSA) is 49.3 Å². The first-order valence-electron chi connectivity index (χ1n) is 9.12. The number of nitrogens with one attached hydrogen (secondary N) is 1. The van der Waals surface area contributed by atoms with E-state index in [1.54, 1.807) is 12.1 Å². The molecule has 2 aromatic rings. The van der Waals surface area contributed by atoms with Crippen molar-refractivity contribution in [1.82, 2.24) is 0 Å². The normalized spacial score (nSPS) is 31.2. The summed E-state index contributed by atoms with van der Waals surface area (Å²) in [4.78, 5) is 11.7. The van der Waals surface area contributed by atoms with E-state index in [1.807, 2.05) is 12.1 Å². The maximum atomic E-state index is 13.9. The summed E-state index contributed by atoms with van der Waals surface area (Å²) in [6, 6.07) is 9.27. The van der Waals surface area contributed by atoms with Crippen molar-refractivity contribution in [2.24, 2.45) is 17.8 Å². The van der Waals surface area contributed by atoms with Crippen LogP contribution in [0.3, 0.4) is 0 Å². The highest BCUT2D eigenvalue weighted by Crippen LogP contribution is 2.64. The Morgan fingerprint density at radius 1 is 1.08 bits per heavy atom. The lowest BCUT2D eigenvalue weighted by Crippen LogP contribution is -2.36. The number of carbonyl (C=O) groups is 1. The van der Waals surface area contributed by atoms with Gasteiger partial charge in [-0.25, -0.2) is 13.6 Å². The van der Waals surface area contributed by atoms with Crippen LogP contribution in [-0.4, -0.2) is 11.1 Å². The van der Waals surface area contributed by atoms with Crippen LogP contribution in [0.5, 0.6) is 0 Å². The molecular formula is C21H19F2NO2. The molecule has 2 N–H and O–H groups in total. The minimum Gasteiger partial charge on any atom is -0.478 e. The number of hydrogen-bond acceptors (Lipinski definition) is 2. The summed E-state index contributed by atoms with van der Waals surface area (Å²) in [5, 5.41) is 13.0. The Morgan fingerprint density at radius 3 is 2.65 bits per heavy atom. The number of anilines is 1. The maximum absolute atomic E-state index is 13.9. The van der Waals surface area contributed by atoms with Crippen molar-refractivity contribution in [3.8, 4) is 0 Å². The zero-order valence-electron chi connectivity index (χ0n) is 14.1. The monoisotopic (exact) mass is 355 g/mol. The van der Waals surface area contributed by atoms with Gasteiger partial charge >= 0.3 is 5.97 Å². The van der Waals surface area contributed by atoms with Crippen molar-refractivity contribution in [2.45, 2.75) is 31.2 Å². The Morgan fingerprint density at radius 2 is 1.88 bits per heavy atom. The Hall–Kier alpha value is -2.43. The van der Waals surface area contributed by atoms with Crippen LogP contribution in [0.15, 0.2) is 36.4 Å². The molecule has 26 heavy (non-hydrogen) atoms. The van der Waals surface area contributed by atoms with Crippen molar-refractivity contribution >= 4 is 11.7 Å². The average Bonchev–Trinajstić information content (AvgIpc) is 3.25. The van der Waals surface area contributed by atoms with E-state index >= 15 is 0 Å². The van der Waals surface area contributed by atoms with Crippen LogP contribution in [0.1, 0.15) is 52.7 Å². The molecule has 0 amide bonds. The number of rotatable bonds is 2. The van der Waals surface area contributed by atoms with E-state index in [2.05, 4.69) is 5.32 Å². The molecule has 2 aliphatic carbocycles. The molecule has 2 aromatic carbocycles. The summed E-state index contributed by atoms with van der Waals surface area (Å²) < 4.78 is 27.3. The summed E-state index contributed by atoms with van der Waals surface area (Å²) in [6.45, 7) is 0. The summed E-state index contributed by atoms with van der Waals surface area (Å²) in [6.07, 6.45) is 3.45. The third-order valence-corrected chi connectivity index (χ3v) is 6.65. The quantitative estimate of drug-likeness (QED) is 0.800. The minimum atomic E-state index is -0.972. The van der Waals surface area contributed by atoms with Crippen molar-refractivity contribution in [1.29, 1.82) is 0 Å². The molecular weight excluding hydrogens is 336 g/mol. The van der Waals surface area contributed by atoms with Gasteiger partial charge in [-0.15, -0.1) is 0 Å². The molecule has 1 aliphatic heterocycles. The fourth-order valence-electron chi connectivity index (χ4n) is 5.73. The first-order valence-corrected chi connectivity index (χ1v) is 9.12. The van der Waals surface area contributed by atoms with Crippen molar-refractivity contribution < 1.29 is 18.7 Å². The number of halogens is 2. The second kappa shape index (κ2) is 5.53. The number of benzene rings is 2. The highest BCUT2D eigenvalue weighted by molar-refractivity contribution is 5.95. The maximum Gasteiger partial charge on any atom is 0.337 e. The van der Waals surface area contributed by atoms with Crippen molar-refractivity contribution in [2.75, 3.05) is 5.32 Å². The molecule has 3 aliphatic rings. The number of carboxylic acids is 1. The van der Waals surface area contributed by atoms with Crippen LogP contribution in [0.25, 0.3) is 0 Å². The van der Waals surface area contributed by atoms with Gasteiger partial charge in [0.05, 0.1) is 17.3 Å². The summed E-state index contributed by atoms with van der Waals surface area (Å²) in [5.74, 6) is -1.04. The van der Waals surface area contributed by atoms with E-state index in [4.69, 9.17) is 0 Å². The van der Waals surface area contributed by atoms with E-state index in [0.29, 0.717) is 23.1 Å². The van der Waals surface area contributed by atoms with Gasteiger partial charge in [0.1, 0.15) is 0 Å². The molecule has 0 aromatic heterocycles. The van der Waals surface area contributed by atoms with Gasteiger partial charge in [0.25, 0.3) is 0 Å². The molecule has 0 radical (unpaired) electrons. The average molecular weight is 355 g/mol. The molecule has 2 saturated carbocycles. The zero-order valence-corrected chi connectivity index (χ0v) is 14.1. The van der Waals surface area contributed by atoms with Gasteiger partial charge in [0, 0.05) is 0 Å². The summed E-state index contributed by atoms with van der Waals surface area (Å²) in [5.41, 5.74) is 2.65. The molecule has 5 atom stereocenters. The standard InChI is InChI=1S/C21H19F2NO2/c22-15-7-6-12(9-16(15)23)19-18-11-5-4-10(8-11)17(18)13-2-1-3-14(21(25)26)20(13)24-19/h1-3,6-7,9-11,17-19,24H,4-5,8H2,(H,25,26)/t10-,11-,17-,18-,19-/m1/s1. The molecule has 0 unspecified atom stereocenters. The van der Waals surface area contributed by atoms with Crippen LogP contribution in [0, 0.1) is 29.4 Å². The van der Waals surface area contributed by atoms with Gasteiger partial charge in [-0.2, -0.15) is 0 Å². The van der Waals surface area contributed by atoms with Crippen LogP contribution in [0.2, 0.25) is 0 Å². The number of fused-ring (bicyclic) bond motifs is 7. The van der Waals surface area contributed by atoms with E-state index in [9.17, 15) is 18.7 Å². The van der Waals surface area contributed by atoms with Gasteiger partial charge in [-0.05, 0) is 72.3 Å². The van der Waals surface area contributed by atoms with Crippen LogP contribution >= 0.6 is 0 Å². The Kier molecular flexibility index (Phi) is 3.36. The molecule has 2 fully saturated rings. The lowest BCUT2D eigenvalue weighted by Gasteiger charge is -2.44. The predicted octanol–water partition coefficient (Wildman–Crippen LogP) is 4.96. The lowest BCUT2D eigenvalue weighted by molar-refractivity contribution is 0.0697. The number of carboxylic acid groups (broad SMARTS) is 1. The van der Waals surface area contributed by atoms with Gasteiger partial charge in [0.15, 0.2) is 11.6 Å². The molecule has 3 nitrogen and oxygen atoms in total. The number of hydrogen-bond donors (Lipinski definition) is 2. The lowest BCUT2D eigenvalue weighted by atomic mass is 9.67. The smallest absolute Gasteiger partial charge is 0.337 e. The van der Waals surface area contributed by atoms with Crippen molar-refractivity contribution in [3.63, 3.8) is 0 Å². The van der Waals surface area contributed by atoms with Crippen LogP contribution in [0.4, 0.5) is 14.5 Å². The Balaban J connectivity index is 1.67. The zero-order chi connectivity index (χ0) is 18.0. The highest BCUT2D eigenvalue weighted by Gasteiger charge is 2.54. The van der Waals surface area contributed by atoms with Crippen LogP contribution < -0.4 is 5.32 Å². The molecule has 0 spiro atoms. The number of aromatic carboxylic acids is 1. The summed E-state index contributed by atoms with van der Waals surface area (Å²) in [7, 11) is 0. The van der Waals surface area contributed by atoms with Gasteiger partial charge in [-0.1, -0.05) is 18.2 Å². The van der Waals surface area contributed by atoms with Gasteiger partial charge < -0.3 is 10.4 Å². The molecule has 134 valence electrons. The molecule has 5 heteroatoms. The third-order valence-electron chi connectivity index (χ3n) is 6.65. The molecule has 2 bridgehead atoms.